The van der Waals surface area contributed by atoms with Crippen LogP contribution in [0.4, 0.5) is 10.2 Å². The van der Waals surface area contributed by atoms with Crippen molar-refractivity contribution in [1.82, 2.24) is 19.7 Å². The van der Waals surface area contributed by atoms with E-state index >= 15 is 4.39 Å². The summed E-state index contributed by atoms with van der Waals surface area (Å²) in [6.45, 7) is 1.88. The molecule has 42 heavy (non-hydrogen) atoms. The number of nitrogens with zero attached hydrogens (tertiary/aromatic N) is 2. The van der Waals surface area contributed by atoms with Gasteiger partial charge in [0.1, 0.15) is 42.8 Å². The van der Waals surface area contributed by atoms with Crippen molar-refractivity contribution in [3.05, 3.63) is 22.7 Å². The fourth-order valence-corrected chi connectivity index (χ4v) is 7.05. The number of alkyl halides is 1. The van der Waals surface area contributed by atoms with Crippen molar-refractivity contribution in [1.29, 1.82) is 0 Å². The van der Waals surface area contributed by atoms with E-state index in [1.807, 2.05) is 0 Å². The number of aliphatic hydroxyl groups excluding tert-OH is 1. The van der Waals surface area contributed by atoms with E-state index in [0.29, 0.717) is 0 Å². The number of anilines is 1. The quantitative estimate of drug-likeness (QED) is 0.161. The maximum absolute atomic E-state index is 15.3. The van der Waals surface area contributed by atoms with Gasteiger partial charge in [0, 0.05) is 6.20 Å². The van der Waals surface area contributed by atoms with Gasteiger partial charge in [-0.25, -0.2) is 19.4 Å². The predicted molar refractivity (Wildman–Crippen MR) is 146 cm³/mol. The van der Waals surface area contributed by atoms with Crippen LogP contribution < -0.4 is 27.3 Å². The summed E-state index contributed by atoms with van der Waals surface area (Å²) in [5.41, 5.74) is 8.28. The summed E-state index contributed by atoms with van der Waals surface area (Å²) in [6, 6.07) is -1.09. The average Bonchev–Trinajstić information content (AvgIpc) is 3.68. The Bertz CT molecular complexity index is 1190. The van der Waals surface area contributed by atoms with E-state index in [0.717, 1.165) is 62.1 Å². The molecule has 0 amide bonds. The number of aromatic nitrogens is 2. The van der Waals surface area contributed by atoms with Crippen molar-refractivity contribution in [3.8, 4) is 0 Å². The van der Waals surface area contributed by atoms with Crippen LogP contribution in [0, 0.1) is 0 Å². The third-order valence-electron chi connectivity index (χ3n) is 7.60. The summed E-state index contributed by atoms with van der Waals surface area (Å²) in [4.78, 5) is 41.2. The van der Waals surface area contributed by atoms with Crippen LogP contribution in [0.15, 0.2) is 17.1 Å². The first-order valence-electron chi connectivity index (χ1n) is 14.1. The molecule has 1 aromatic heterocycles. The third kappa shape index (κ3) is 7.73. The number of ether oxygens (including phenoxy) is 3. The van der Waals surface area contributed by atoms with Crippen LogP contribution in [-0.4, -0.2) is 75.5 Å². The van der Waals surface area contributed by atoms with Crippen LogP contribution >= 0.6 is 7.67 Å². The molecule has 1 aliphatic heterocycles. The molecule has 3 fully saturated rings. The first-order chi connectivity index (χ1) is 19.8. The minimum absolute atomic E-state index is 0.0953. The van der Waals surface area contributed by atoms with E-state index in [2.05, 4.69) is 15.2 Å². The molecule has 17 heteroatoms. The van der Waals surface area contributed by atoms with Crippen molar-refractivity contribution in [2.24, 2.45) is 5.73 Å². The van der Waals surface area contributed by atoms with Crippen LogP contribution in [0.1, 0.15) is 71.4 Å². The van der Waals surface area contributed by atoms with Crippen LogP contribution in [0.2, 0.25) is 0 Å². The van der Waals surface area contributed by atoms with Crippen LogP contribution in [0.5, 0.6) is 0 Å². The van der Waals surface area contributed by atoms with Gasteiger partial charge in [-0.3, -0.25) is 24.5 Å². The molecule has 0 unspecified atom stereocenters. The highest BCUT2D eigenvalue weighted by molar-refractivity contribution is 7.54. The van der Waals surface area contributed by atoms with Gasteiger partial charge >= 0.3 is 25.3 Å². The highest BCUT2D eigenvalue weighted by Crippen LogP contribution is 2.43. The molecule has 2 heterocycles. The van der Waals surface area contributed by atoms with Gasteiger partial charge in [-0.1, -0.05) is 0 Å². The van der Waals surface area contributed by atoms with Gasteiger partial charge in [0.05, 0.1) is 0 Å². The summed E-state index contributed by atoms with van der Waals surface area (Å²) in [6.07, 6.45) is 1.38. The maximum atomic E-state index is 15.3. The maximum Gasteiger partial charge on any atom is 0.351 e. The topological polar surface area (TPSA) is 219 Å². The Morgan fingerprint density at radius 3 is 2.12 bits per heavy atom. The highest BCUT2D eigenvalue weighted by Gasteiger charge is 2.55. The number of nitrogen functional groups attached to an aromatic ring is 1. The summed E-state index contributed by atoms with van der Waals surface area (Å²) >= 11 is 0. The largest absolute Gasteiger partial charge is 0.461 e. The first-order valence-corrected chi connectivity index (χ1v) is 15.8. The molecule has 4 rings (SSSR count). The summed E-state index contributed by atoms with van der Waals surface area (Å²) < 4.78 is 52.1. The average molecular weight is 619 g/mol. The molecule has 236 valence electrons. The lowest BCUT2D eigenvalue weighted by atomic mass is 10.1. The molecule has 3 aliphatic rings. The first kappa shape index (κ1) is 32.5. The normalized spacial score (nSPS) is 28.5. The predicted octanol–water partition coefficient (Wildman–Crippen LogP) is 0.761. The van der Waals surface area contributed by atoms with Gasteiger partial charge in [-0.15, -0.1) is 0 Å². The molecular weight excluding hydrogens is 578 g/mol. The van der Waals surface area contributed by atoms with Crippen LogP contribution in [0.25, 0.3) is 0 Å². The van der Waals surface area contributed by atoms with Crippen molar-refractivity contribution in [3.63, 3.8) is 0 Å². The van der Waals surface area contributed by atoms with Crippen molar-refractivity contribution >= 4 is 25.4 Å². The third-order valence-corrected chi connectivity index (χ3v) is 9.55. The number of hydrogen-bond donors (Lipinski definition) is 5. The van der Waals surface area contributed by atoms with E-state index < -0.39 is 68.2 Å². The lowest BCUT2D eigenvalue weighted by Gasteiger charge is -2.31. The van der Waals surface area contributed by atoms with Gasteiger partial charge in [-0.2, -0.15) is 4.98 Å². The van der Waals surface area contributed by atoms with Gasteiger partial charge in [-0.05, 0) is 71.3 Å². The van der Waals surface area contributed by atoms with Gasteiger partial charge in [0.2, 0.25) is 0 Å². The van der Waals surface area contributed by atoms with Crippen molar-refractivity contribution < 1.29 is 42.4 Å². The zero-order chi connectivity index (χ0) is 30.7. The number of carbonyl (C=O) groups excluding carboxylic acids is 2. The molecule has 0 aromatic carbocycles. The smallest absolute Gasteiger partial charge is 0.351 e. The van der Waals surface area contributed by atoms with E-state index in [9.17, 15) is 24.1 Å². The van der Waals surface area contributed by atoms with E-state index in [4.69, 9.17) is 30.2 Å². The molecule has 15 nitrogen and oxygen atoms in total. The van der Waals surface area contributed by atoms with Gasteiger partial charge < -0.3 is 29.6 Å². The standard InChI is InChI=1S/C25H40FN6O9P/c1-14(22(34)39-16-7-3-4-8-16)30-42(37,31-15(2)23(35)40-17-9-5-6-10-17)38-13-25(28)20(26)19(33)21(41-25)32-12-11-18(27)29-24(32)36/h11-12,14-17,19-21,33H,3-10,13,28H2,1-2H3,(H2,27,29,36)(H2,30,31,37)/t14-,15-,19+,20-,21+,25+/m0/s1. The Hall–Kier alpha value is -2.46. The molecule has 0 radical (unpaired) electrons. The minimum Gasteiger partial charge on any atom is -0.461 e. The molecule has 7 N–H and O–H groups in total. The molecule has 2 saturated carbocycles. The number of aliphatic hydroxyl groups is 1. The summed E-state index contributed by atoms with van der Waals surface area (Å²) in [5, 5.41) is 15.6. The van der Waals surface area contributed by atoms with E-state index in [-0.39, 0.29) is 18.0 Å². The molecule has 6 atom stereocenters. The molecular formula is C25H40FN6O9P. The highest BCUT2D eigenvalue weighted by atomic mass is 31.2. The number of halogens is 1. The molecule has 2 aliphatic carbocycles. The Morgan fingerprint density at radius 1 is 1.14 bits per heavy atom. The second kappa shape index (κ2) is 13.5. The SMILES string of the molecule is C[C@H](NP(=O)(N[C@@H](C)C(=O)OC1CCCC1)OC[C@@]1(N)O[C@@H](n2ccc(N)nc2=O)[C@H](O)[C@@H]1F)C(=O)OC1CCCC1. The second-order valence-electron chi connectivity index (χ2n) is 11.1. The zero-order valence-electron chi connectivity index (χ0n) is 23.6. The van der Waals surface area contributed by atoms with Gasteiger partial charge in [0.15, 0.2) is 18.1 Å². The Kier molecular flexibility index (Phi) is 10.4. The fraction of sp³-hybridized carbons (Fsp3) is 0.760. The number of nitrogens with one attached hydrogen (secondary N) is 2. The number of carbonyl (C=O) groups is 2. The van der Waals surface area contributed by atoms with E-state index in [1.165, 1.54) is 19.9 Å². The Balaban J connectivity index is 1.48. The monoisotopic (exact) mass is 618 g/mol. The van der Waals surface area contributed by atoms with Crippen LogP contribution in [0.3, 0.4) is 0 Å². The molecule has 1 aromatic rings. The lowest BCUT2D eigenvalue weighted by Crippen LogP contribution is -2.53. The summed E-state index contributed by atoms with van der Waals surface area (Å²) in [5.74, 6) is -1.48. The van der Waals surface area contributed by atoms with Crippen molar-refractivity contribution in [2.75, 3.05) is 12.3 Å². The molecule has 0 spiro atoms. The van der Waals surface area contributed by atoms with E-state index in [1.54, 1.807) is 0 Å². The van der Waals surface area contributed by atoms with Gasteiger partial charge in [0.25, 0.3) is 0 Å². The number of rotatable bonds is 12. The van der Waals surface area contributed by atoms with Crippen molar-refractivity contribution in [2.45, 2.75) is 114 Å². The zero-order valence-corrected chi connectivity index (χ0v) is 24.5. The Labute approximate surface area is 242 Å². The van der Waals surface area contributed by atoms with Crippen LogP contribution in [-0.2, 0) is 32.9 Å². The second-order valence-corrected chi connectivity index (χ2v) is 13.0. The fourth-order valence-electron chi connectivity index (χ4n) is 5.21. The Morgan fingerprint density at radius 2 is 1.64 bits per heavy atom. The lowest BCUT2D eigenvalue weighted by molar-refractivity contribution is -0.150. The molecule has 1 saturated heterocycles. The number of nitrogens with two attached hydrogens (primary N) is 2. The number of hydrogen-bond acceptors (Lipinski definition) is 12. The molecule has 0 bridgehead atoms. The summed E-state index contributed by atoms with van der Waals surface area (Å²) in [7, 11) is -4.39. The minimum atomic E-state index is -4.39. The number of esters is 2.